The highest BCUT2D eigenvalue weighted by molar-refractivity contribution is 8.00. The lowest BCUT2D eigenvalue weighted by atomic mass is 10.1. The Morgan fingerprint density at radius 2 is 1.76 bits per heavy atom. The number of anilines is 2. The first-order valence-corrected chi connectivity index (χ1v) is 13.1. The number of nitrogens with one attached hydrogen (secondary N) is 2. The van der Waals surface area contributed by atoms with Gasteiger partial charge in [0.25, 0.3) is 10.9 Å². The van der Waals surface area contributed by atoms with Crippen molar-refractivity contribution in [1.82, 2.24) is 5.27 Å². The van der Waals surface area contributed by atoms with Gasteiger partial charge in [0.1, 0.15) is 5.00 Å². The van der Waals surface area contributed by atoms with Gasteiger partial charge in [0.05, 0.1) is 28.1 Å². The summed E-state index contributed by atoms with van der Waals surface area (Å²) in [4.78, 5) is 38.9. The number of ether oxygens (including phenoxy) is 1. The van der Waals surface area contributed by atoms with Crippen LogP contribution >= 0.6 is 23.1 Å². The largest absolute Gasteiger partial charge is 0.538 e. The fraction of sp³-hybridized carbons (Fsp3) is 0.192. The van der Waals surface area contributed by atoms with E-state index in [1.165, 1.54) is 11.8 Å². The molecule has 0 saturated heterocycles. The number of para-hydroxylation sites is 1. The molecule has 0 spiro atoms. The van der Waals surface area contributed by atoms with Crippen molar-refractivity contribution in [2.24, 2.45) is 0 Å². The summed E-state index contributed by atoms with van der Waals surface area (Å²) >= 11 is 1.92. The molecule has 2 aromatic carbocycles. The fourth-order valence-electron chi connectivity index (χ4n) is 3.50. The second kappa shape index (κ2) is 11.5. The summed E-state index contributed by atoms with van der Waals surface area (Å²) < 4.78 is 11.1. The monoisotopic (exact) mass is 552 g/mol. The number of aromatic nitrogens is 2. The summed E-state index contributed by atoms with van der Waals surface area (Å²) in [6.45, 7) is 5.15. The molecule has 38 heavy (non-hydrogen) atoms. The summed E-state index contributed by atoms with van der Waals surface area (Å²) in [5.41, 5.74) is 2.69. The van der Waals surface area contributed by atoms with Crippen molar-refractivity contribution in [2.45, 2.75) is 31.0 Å². The van der Waals surface area contributed by atoms with E-state index in [0.717, 1.165) is 28.7 Å². The van der Waals surface area contributed by atoms with Gasteiger partial charge in [0, 0.05) is 17.8 Å². The van der Waals surface area contributed by atoms with Crippen LogP contribution in [-0.2, 0) is 9.53 Å². The summed E-state index contributed by atoms with van der Waals surface area (Å²) in [5, 5.41) is 21.2. The number of nitrogens with zero attached hydrogens (tertiary/aromatic N) is 2. The predicted octanol–water partition coefficient (Wildman–Crippen LogP) is 3.86. The number of carbonyl (C=O) groups excluding carboxylic acids is 3. The number of hydrogen-bond donors (Lipinski definition) is 2. The molecule has 2 N–H and O–H groups in total. The lowest BCUT2D eigenvalue weighted by Gasteiger charge is -2.10. The fourth-order valence-corrected chi connectivity index (χ4v) is 5.46. The lowest BCUT2D eigenvalue weighted by molar-refractivity contribution is -0.705. The predicted molar refractivity (Wildman–Crippen MR) is 141 cm³/mol. The van der Waals surface area contributed by atoms with Gasteiger partial charge in [-0.05, 0) is 54.9 Å². The van der Waals surface area contributed by atoms with Gasteiger partial charge >= 0.3 is 5.97 Å². The maximum absolute atomic E-state index is 13.1. The van der Waals surface area contributed by atoms with E-state index in [1.807, 2.05) is 25.1 Å². The highest BCUT2D eigenvalue weighted by Gasteiger charge is 2.30. The number of amides is 2. The molecule has 4 rings (SSSR count). The molecule has 0 aliphatic heterocycles. The molecule has 2 aromatic heterocycles. The van der Waals surface area contributed by atoms with Crippen LogP contribution in [0.25, 0.3) is 5.69 Å². The van der Waals surface area contributed by atoms with Gasteiger partial charge in [-0.3, -0.25) is 9.59 Å². The Hall–Kier alpha value is -4.16. The molecular weight excluding hydrogens is 528 g/mol. The third-order valence-electron chi connectivity index (χ3n) is 5.52. The normalized spacial score (nSPS) is 11.6. The Morgan fingerprint density at radius 1 is 1.08 bits per heavy atom. The molecular formula is C26H24N4O6S2. The molecule has 0 radical (unpaired) electrons. The molecule has 0 bridgehead atoms. The van der Waals surface area contributed by atoms with Crippen molar-refractivity contribution in [3.05, 3.63) is 76.2 Å². The van der Waals surface area contributed by atoms with Crippen LogP contribution in [0.4, 0.5) is 10.7 Å². The smallest absolute Gasteiger partial charge is 0.341 e. The molecule has 1 atom stereocenters. The highest BCUT2D eigenvalue weighted by Crippen LogP contribution is 2.35. The third kappa shape index (κ3) is 5.71. The van der Waals surface area contributed by atoms with Gasteiger partial charge in [-0.25, -0.2) is 4.79 Å². The summed E-state index contributed by atoms with van der Waals surface area (Å²) in [6.07, 6.45) is 0. The minimum absolute atomic E-state index is 0.0884. The van der Waals surface area contributed by atoms with E-state index < -0.39 is 29.0 Å². The minimum atomic E-state index is -0.784. The van der Waals surface area contributed by atoms with E-state index in [-0.39, 0.29) is 20.5 Å². The van der Waals surface area contributed by atoms with E-state index in [1.54, 1.807) is 50.2 Å². The van der Waals surface area contributed by atoms with Crippen molar-refractivity contribution < 1.29 is 33.4 Å². The average Bonchev–Trinajstić information content (AvgIpc) is 3.43. The van der Waals surface area contributed by atoms with Gasteiger partial charge < -0.3 is 25.0 Å². The molecule has 0 saturated carbocycles. The minimum Gasteiger partial charge on any atom is -0.538 e. The quantitative estimate of drug-likeness (QED) is 0.191. The van der Waals surface area contributed by atoms with Crippen LogP contribution < -0.4 is 20.4 Å². The van der Waals surface area contributed by atoms with Crippen molar-refractivity contribution in [1.29, 1.82) is 0 Å². The van der Waals surface area contributed by atoms with Crippen molar-refractivity contribution in [2.75, 3.05) is 17.7 Å². The zero-order valence-corrected chi connectivity index (χ0v) is 22.6. The molecule has 12 heteroatoms. The molecule has 196 valence electrons. The van der Waals surface area contributed by atoms with E-state index in [0.29, 0.717) is 16.9 Å². The molecule has 4 aromatic rings. The third-order valence-corrected chi connectivity index (χ3v) is 7.86. The summed E-state index contributed by atoms with van der Waals surface area (Å²) in [6, 6.07) is 16.2. The van der Waals surface area contributed by atoms with Crippen LogP contribution in [0.5, 0.6) is 5.95 Å². The van der Waals surface area contributed by atoms with Gasteiger partial charge in [-0.1, -0.05) is 35.9 Å². The van der Waals surface area contributed by atoms with Crippen LogP contribution in [0, 0.1) is 13.8 Å². The molecule has 2 heterocycles. The van der Waals surface area contributed by atoms with Gasteiger partial charge in [0.2, 0.25) is 11.6 Å². The van der Waals surface area contributed by atoms with Crippen LogP contribution in [-0.4, -0.2) is 35.4 Å². The number of thiophene rings is 1. The molecule has 0 fully saturated rings. The Kier molecular flexibility index (Phi) is 8.13. The first kappa shape index (κ1) is 26.9. The number of thioether (sulfide) groups is 1. The molecule has 2 amide bonds. The number of benzene rings is 2. The SMILES string of the molecule is COC(=O)c1c(NC(=O)C(C)Sc2c([O-])on[n+]2-c2ccc(C)cc2)sc(C(=O)Nc2ccccc2)c1C. The van der Waals surface area contributed by atoms with Gasteiger partial charge in [-0.15, -0.1) is 11.3 Å². The van der Waals surface area contributed by atoms with Gasteiger partial charge in [-0.2, -0.15) is 0 Å². The molecule has 0 aliphatic rings. The van der Waals surface area contributed by atoms with Crippen LogP contribution in [0.3, 0.4) is 0 Å². The second-order valence-corrected chi connectivity index (χ2v) is 10.6. The number of carbonyl (C=O) groups is 3. The Morgan fingerprint density at radius 3 is 2.42 bits per heavy atom. The van der Waals surface area contributed by atoms with E-state index in [9.17, 15) is 19.5 Å². The maximum atomic E-state index is 13.1. The first-order valence-electron chi connectivity index (χ1n) is 11.4. The highest BCUT2D eigenvalue weighted by atomic mass is 32.2. The van der Waals surface area contributed by atoms with Crippen molar-refractivity contribution >= 4 is 51.6 Å². The van der Waals surface area contributed by atoms with Crippen molar-refractivity contribution in [3.63, 3.8) is 0 Å². The van der Waals surface area contributed by atoms with Crippen LogP contribution in [0.15, 0.2) is 64.1 Å². The Labute approximate surface area is 226 Å². The Balaban J connectivity index is 1.56. The lowest BCUT2D eigenvalue weighted by Crippen LogP contribution is -2.36. The number of rotatable bonds is 8. The van der Waals surface area contributed by atoms with Crippen LogP contribution in [0.2, 0.25) is 0 Å². The molecule has 0 aliphatic carbocycles. The van der Waals surface area contributed by atoms with E-state index >= 15 is 0 Å². The zero-order valence-electron chi connectivity index (χ0n) is 20.9. The Bertz CT molecular complexity index is 1480. The van der Waals surface area contributed by atoms with E-state index in [4.69, 9.17) is 9.26 Å². The molecule has 10 nitrogen and oxygen atoms in total. The summed E-state index contributed by atoms with van der Waals surface area (Å²) in [7, 11) is 1.22. The average molecular weight is 553 g/mol. The number of hydrogen-bond acceptors (Lipinski definition) is 9. The standard InChI is InChI=1S/C26H24N4O6S2/c1-14-10-12-18(13-11-14)30-24(26(34)36-29-30)37-16(3)21(31)28-23-19(25(33)35-4)15(2)20(38-23)22(32)27-17-8-6-5-7-9-17/h5-13,16H,1-4H3,(H2-,27,28,29,31,32,33,34). The second-order valence-electron chi connectivity index (χ2n) is 8.23. The zero-order chi connectivity index (χ0) is 27.4. The number of aryl methyl sites for hydroxylation is 1. The van der Waals surface area contributed by atoms with Crippen LogP contribution in [0.1, 0.15) is 38.1 Å². The topological polar surface area (TPSA) is 137 Å². The number of esters is 1. The van der Waals surface area contributed by atoms with Crippen molar-refractivity contribution in [3.8, 4) is 11.6 Å². The summed E-state index contributed by atoms with van der Waals surface area (Å²) in [5.74, 6) is -2.29. The van der Waals surface area contributed by atoms with Gasteiger partial charge in [0.15, 0.2) is 5.95 Å². The maximum Gasteiger partial charge on any atom is 0.341 e. The number of methoxy groups -OCH3 is 1. The van der Waals surface area contributed by atoms with E-state index in [2.05, 4.69) is 15.9 Å². The first-order chi connectivity index (χ1) is 18.2. The molecule has 1 unspecified atom stereocenters.